The number of rotatable bonds is 9. The van der Waals surface area contributed by atoms with Crippen molar-refractivity contribution < 1.29 is 22.8 Å². The highest BCUT2D eigenvalue weighted by molar-refractivity contribution is 7.12. The summed E-state index contributed by atoms with van der Waals surface area (Å²) in [4.78, 5) is 27.7. The normalized spacial score (nSPS) is 11.1. The lowest BCUT2D eigenvalue weighted by Crippen LogP contribution is -2.30. The van der Waals surface area contributed by atoms with E-state index in [1.165, 1.54) is 11.3 Å². The maximum Gasteiger partial charge on any atom is 0.417 e. The third kappa shape index (κ3) is 7.01. The molecular formula is C17H18ClF3N4O2S. The average Bonchev–Trinajstić information content (AvgIpc) is 3.16. The molecule has 0 unspecified atom stereocenters. The van der Waals surface area contributed by atoms with Crippen LogP contribution in [0.1, 0.15) is 28.1 Å². The van der Waals surface area contributed by atoms with Crippen LogP contribution in [0.4, 0.5) is 19.0 Å². The lowest BCUT2D eigenvalue weighted by atomic mass is 10.2. The van der Waals surface area contributed by atoms with Crippen molar-refractivity contribution in [3.05, 3.63) is 45.2 Å². The SMILES string of the molecule is O=C(CCNc1ncc(C(F)(F)F)cc1Cl)NCCCNC(=O)c1cccs1. The number of hydrogen-bond acceptors (Lipinski definition) is 5. The second-order valence-corrected chi connectivity index (χ2v) is 7.02. The van der Waals surface area contributed by atoms with E-state index in [-0.39, 0.29) is 35.6 Å². The molecule has 2 amide bonds. The Balaban J connectivity index is 1.60. The molecule has 152 valence electrons. The van der Waals surface area contributed by atoms with Crippen LogP contribution in [0.2, 0.25) is 5.02 Å². The maximum absolute atomic E-state index is 12.6. The Morgan fingerprint density at radius 3 is 2.57 bits per heavy atom. The molecule has 0 saturated carbocycles. The van der Waals surface area contributed by atoms with Crippen LogP contribution in [0.3, 0.4) is 0 Å². The van der Waals surface area contributed by atoms with Gasteiger partial charge in [-0.3, -0.25) is 9.59 Å². The summed E-state index contributed by atoms with van der Waals surface area (Å²) in [6, 6.07) is 4.30. The van der Waals surface area contributed by atoms with Crippen LogP contribution >= 0.6 is 22.9 Å². The fraction of sp³-hybridized carbons (Fsp3) is 0.353. The molecule has 0 aliphatic rings. The Labute approximate surface area is 168 Å². The van der Waals surface area contributed by atoms with Crippen molar-refractivity contribution in [1.82, 2.24) is 15.6 Å². The zero-order valence-electron chi connectivity index (χ0n) is 14.6. The number of pyridine rings is 1. The summed E-state index contributed by atoms with van der Waals surface area (Å²) in [5.41, 5.74) is -0.938. The minimum Gasteiger partial charge on any atom is -0.368 e. The molecule has 2 aromatic heterocycles. The number of nitrogens with one attached hydrogen (secondary N) is 3. The van der Waals surface area contributed by atoms with E-state index >= 15 is 0 Å². The van der Waals surface area contributed by atoms with Gasteiger partial charge in [0.2, 0.25) is 5.91 Å². The molecule has 2 heterocycles. The van der Waals surface area contributed by atoms with E-state index in [2.05, 4.69) is 20.9 Å². The molecule has 0 spiro atoms. The first-order valence-electron chi connectivity index (χ1n) is 8.32. The first kappa shape index (κ1) is 22.0. The van der Waals surface area contributed by atoms with Crippen molar-refractivity contribution in [3.8, 4) is 0 Å². The predicted octanol–water partition coefficient (Wildman–Crippen LogP) is 3.55. The van der Waals surface area contributed by atoms with Gasteiger partial charge in [0.25, 0.3) is 5.91 Å². The van der Waals surface area contributed by atoms with Gasteiger partial charge in [0.1, 0.15) is 5.82 Å². The molecule has 0 aliphatic carbocycles. The number of thiophene rings is 1. The fourth-order valence-corrected chi connectivity index (χ4v) is 2.99. The van der Waals surface area contributed by atoms with Crippen LogP contribution in [-0.4, -0.2) is 36.4 Å². The molecule has 0 fully saturated rings. The minimum atomic E-state index is -4.52. The molecular weight excluding hydrogens is 417 g/mol. The van der Waals surface area contributed by atoms with E-state index in [4.69, 9.17) is 11.6 Å². The molecule has 6 nitrogen and oxygen atoms in total. The second kappa shape index (κ2) is 10.3. The Kier molecular flexibility index (Phi) is 8.06. The number of aromatic nitrogens is 1. The van der Waals surface area contributed by atoms with Gasteiger partial charge < -0.3 is 16.0 Å². The predicted molar refractivity (Wildman–Crippen MR) is 102 cm³/mol. The van der Waals surface area contributed by atoms with Gasteiger partial charge in [-0.05, 0) is 23.9 Å². The van der Waals surface area contributed by atoms with Crippen molar-refractivity contribution in [1.29, 1.82) is 0 Å². The molecule has 11 heteroatoms. The van der Waals surface area contributed by atoms with E-state index in [9.17, 15) is 22.8 Å². The van der Waals surface area contributed by atoms with Gasteiger partial charge in [-0.15, -0.1) is 11.3 Å². The van der Waals surface area contributed by atoms with E-state index in [1.54, 1.807) is 12.1 Å². The van der Waals surface area contributed by atoms with Gasteiger partial charge in [0.05, 0.1) is 15.5 Å². The van der Waals surface area contributed by atoms with Gasteiger partial charge in [-0.1, -0.05) is 17.7 Å². The number of nitrogens with zero attached hydrogens (tertiary/aromatic N) is 1. The largest absolute Gasteiger partial charge is 0.417 e. The minimum absolute atomic E-state index is 0.0822. The first-order chi connectivity index (χ1) is 13.3. The summed E-state index contributed by atoms with van der Waals surface area (Å²) >= 11 is 7.12. The van der Waals surface area contributed by atoms with Crippen LogP contribution in [0, 0.1) is 0 Å². The Hall–Kier alpha value is -2.33. The number of carbonyl (C=O) groups excluding carboxylic acids is 2. The highest BCUT2D eigenvalue weighted by Gasteiger charge is 2.31. The molecule has 0 bridgehead atoms. The second-order valence-electron chi connectivity index (χ2n) is 5.67. The summed E-state index contributed by atoms with van der Waals surface area (Å²) in [6.45, 7) is 0.988. The van der Waals surface area contributed by atoms with Gasteiger partial charge in [-0.25, -0.2) is 4.98 Å². The molecule has 0 radical (unpaired) electrons. The summed E-state index contributed by atoms with van der Waals surface area (Å²) in [7, 11) is 0. The number of anilines is 1. The van der Waals surface area contributed by atoms with E-state index in [0.29, 0.717) is 30.6 Å². The Morgan fingerprint density at radius 1 is 1.18 bits per heavy atom. The molecule has 2 aromatic rings. The molecule has 0 saturated heterocycles. The van der Waals surface area contributed by atoms with Crippen molar-refractivity contribution in [2.75, 3.05) is 25.0 Å². The van der Waals surface area contributed by atoms with Crippen LogP contribution in [0.5, 0.6) is 0 Å². The smallest absolute Gasteiger partial charge is 0.368 e. The summed E-state index contributed by atoms with van der Waals surface area (Å²) in [6.07, 6.45) is -3.17. The number of hydrogen-bond donors (Lipinski definition) is 3. The number of amides is 2. The summed E-state index contributed by atoms with van der Waals surface area (Å²) in [5.74, 6) is -0.301. The summed E-state index contributed by atoms with van der Waals surface area (Å²) < 4.78 is 37.7. The highest BCUT2D eigenvalue weighted by atomic mass is 35.5. The van der Waals surface area contributed by atoms with E-state index < -0.39 is 11.7 Å². The Bertz CT molecular complexity index is 800. The third-order valence-corrected chi connectivity index (χ3v) is 4.68. The van der Waals surface area contributed by atoms with Crippen molar-refractivity contribution in [2.24, 2.45) is 0 Å². The van der Waals surface area contributed by atoms with E-state index in [1.807, 2.05) is 5.38 Å². The number of carbonyl (C=O) groups is 2. The van der Waals surface area contributed by atoms with E-state index in [0.717, 1.165) is 6.07 Å². The average molecular weight is 435 g/mol. The molecule has 0 aliphatic heterocycles. The third-order valence-electron chi connectivity index (χ3n) is 3.52. The summed E-state index contributed by atoms with van der Waals surface area (Å²) in [5, 5.41) is 9.81. The standard InChI is InChI=1S/C17H18ClF3N4O2S/c18-12-9-11(17(19,20)21)10-25-15(12)23-7-4-14(26)22-5-2-6-24-16(27)13-3-1-8-28-13/h1,3,8-10H,2,4-7H2,(H,22,26)(H,23,25)(H,24,27). The zero-order chi connectivity index (χ0) is 20.6. The monoisotopic (exact) mass is 434 g/mol. The van der Waals surface area contributed by atoms with Gasteiger partial charge in [-0.2, -0.15) is 13.2 Å². The zero-order valence-corrected chi connectivity index (χ0v) is 16.2. The fourth-order valence-electron chi connectivity index (χ4n) is 2.12. The molecule has 3 N–H and O–H groups in total. The van der Waals surface area contributed by atoms with Gasteiger partial charge >= 0.3 is 6.18 Å². The Morgan fingerprint density at radius 2 is 1.93 bits per heavy atom. The molecule has 0 aromatic carbocycles. The van der Waals surface area contributed by atoms with Crippen molar-refractivity contribution in [2.45, 2.75) is 19.0 Å². The maximum atomic E-state index is 12.6. The number of alkyl halides is 3. The number of halogens is 4. The van der Waals surface area contributed by atoms with Crippen LogP contribution in [-0.2, 0) is 11.0 Å². The van der Waals surface area contributed by atoms with Crippen LogP contribution in [0.15, 0.2) is 29.8 Å². The van der Waals surface area contributed by atoms with Crippen molar-refractivity contribution in [3.63, 3.8) is 0 Å². The van der Waals surface area contributed by atoms with Crippen LogP contribution < -0.4 is 16.0 Å². The van der Waals surface area contributed by atoms with Crippen molar-refractivity contribution >= 4 is 40.6 Å². The quantitative estimate of drug-likeness (QED) is 0.527. The molecule has 2 rings (SSSR count). The topological polar surface area (TPSA) is 83.1 Å². The highest BCUT2D eigenvalue weighted by Crippen LogP contribution is 2.32. The molecule has 28 heavy (non-hydrogen) atoms. The first-order valence-corrected chi connectivity index (χ1v) is 9.58. The lowest BCUT2D eigenvalue weighted by Gasteiger charge is -2.11. The van der Waals surface area contributed by atoms with Gasteiger partial charge in [0.15, 0.2) is 0 Å². The van der Waals surface area contributed by atoms with Crippen LogP contribution in [0.25, 0.3) is 0 Å². The lowest BCUT2D eigenvalue weighted by molar-refractivity contribution is -0.137. The molecule has 0 atom stereocenters. The van der Waals surface area contributed by atoms with Gasteiger partial charge in [0, 0.05) is 32.3 Å².